The second-order valence-corrected chi connectivity index (χ2v) is 5.10. The van der Waals surface area contributed by atoms with Crippen molar-refractivity contribution in [3.8, 4) is 0 Å². The molecule has 0 heterocycles. The molecule has 0 saturated heterocycles. The SMILES string of the molecule is CC(CO)(CO)C(=O)O.CCO.CCOC(=O)C(C)(CO)CO. The first kappa shape index (κ1) is 26.6. The summed E-state index contributed by atoms with van der Waals surface area (Å²) in [6, 6.07) is 0. The Morgan fingerprint density at radius 2 is 1.13 bits per heavy atom. The third-order valence-corrected chi connectivity index (χ3v) is 2.68. The number of ether oxygens (including phenoxy) is 1. The molecule has 9 heteroatoms. The smallest absolute Gasteiger partial charge is 0.316 e. The molecule has 0 unspecified atom stereocenters. The number of hydrogen-bond acceptors (Lipinski definition) is 8. The van der Waals surface area contributed by atoms with Crippen LogP contribution in [0.3, 0.4) is 0 Å². The molecule has 0 radical (unpaired) electrons. The number of hydrogen-bond donors (Lipinski definition) is 6. The van der Waals surface area contributed by atoms with Crippen molar-refractivity contribution in [1.29, 1.82) is 0 Å². The summed E-state index contributed by atoms with van der Waals surface area (Å²) in [5, 5.41) is 50.2. The van der Waals surface area contributed by atoms with Gasteiger partial charge in [0.1, 0.15) is 10.8 Å². The average Bonchev–Trinajstić information content (AvgIpc) is 2.54. The second-order valence-electron chi connectivity index (χ2n) is 5.10. The van der Waals surface area contributed by atoms with E-state index in [0.717, 1.165) is 0 Å². The summed E-state index contributed by atoms with van der Waals surface area (Å²) in [6.07, 6.45) is 0. The fourth-order valence-corrected chi connectivity index (χ4v) is 0.670. The largest absolute Gasteiger partial charge is 0.481 e. The molecule has 0 rings (SSSR count). The van der Waals surface area contributed by atoms with Gasteiger partial charge in [0.2, 0.25) is 0 Å². The Bertz CT molecular complexity index is 309. The van der Waals surface area contributed by atoms with Crippen LogP contribution in [0.15, 0.2) is 0 Å². The molecule has 0 aromatic carbocycles. The number of carboxylic acids is 1. The molecule has 0 saturated carbocycles. The summed E-state index contributed by atoms with van der Waals surface area (Å²) < 4.78 is 4.63. The summed E-state index contributed by atoms with van der Waals surface area (Å²) in [5.41, 5.74) is -2.55. The van der Waals surface area contributed by atoms with E-state index in [9.17, 15) is 9.59 Å². The van der Waals surface area contributed by atoms with Crippen LogP contribution < -0.4 is 0 Å². The Morgan fingerprint density at radius 1 is 0.826 bits per heavy atom. The van der Waals surface area contributed by atoms with Crippen LogP contribution in [0.4, 0.5) is 0 Å². The van der Waals surface area contributed by atoms with Gasteiger partial charge in [-0.15, -0.1) is 0 Å². The highest BCUT2D eigenvalue weighted by atomic mass is 16.5. The van der Waals surface area contributed by atoms with E-state index in [0.29, 0.717) is 0 Å². The van der Waals surface area contributed by atoms with Crippen LogP contribution in [-0.4, -0.2) is 82.2 Å². The molecule has 140 valence electrons. The van der Waals surface area contributed by atoms with Gasteiger partial charge in [-0.25, -0.2) is 0 Å². The zero-order chi connectivity index (χ0) is 19.1. The zero-order valence-corrected chi connectivity index (χ0v) is 14.2. The van der Waals surface area contributed by atoms with Gasteiger partial charge in [-0.2, -0.15) is 0 Å². The Morgan fingerprint density at radius 3 is 1.26 bits per heavy atom. The van der Waals surface area contributed by atoms with E-state index < -0.39 is 49.2 Å². The van der Waals surface area contributed by atoms with Crippen molar-refractivity contribution >= 4 is 11.9 Å². The van der Waals surface area contributed by atoms with E-state index >= 15 is 0 Å². The normalized spacial score (nSPS) is 10.7. The number of aliphatic carboxylic acids is 1. The van der Waals surface area contributed by atoms with Gasteiger partial charge in [0.25, 0.3) is 0 Å². The van der Waals surface area contributed by atoms with E-state index in [2.05, 4.69) is 4.74 Å². The van der Waals surface area contributed by atoms with Crippen LogP contribution >= 0.6 is 0 Å². The lowest BCUT2D eigenvalue weighted by atomic mass is 9.93. The molecule has 0 bridgehead atoms. The number of carboxylic acid groups (broad SMARTS) is 1. The van der Waals surface area contributed by atoms with E-state index in [-0.39, 0.29) is 13.2 Å². The van der Waals surface area contributed by atoms with Crippen molar-refractivity contribution in [3.63, 3.8) is 0 Å². The Kier molecular flexibility index (Phi) is 16.6. The Hall–Kier alpha value is -1.26. The molecule has 0 amide bonds. The first-order chi connectivity index (χ1) is 10.6. The van der Waals surface area contributed by atoms with Gasteiger partial charge in [-0.1, -0.05) is 0 Å². The highest BCUT2D eigenvalue weighted by Crippen LogP contribution is 2.16. The van der Waals surface area contributed by atoms with Crippen molar-refractivity contribution in [2.75, 3.05) is 39.6 Å². The van der Waals surface area contributed by atoms with Gasteiger partial charge >= 0.3 is 11.9 Å². The molecule has 0 aliphatic rings. The summed E-state index contributed by atoms with van der Waals surface area (Å²) >= 11 is 0. The van der Waals surface area contributed by atoms with Crippen molar-refractivity contribution in [2.45, 2.75) is 27.7 Å². The first-order valence-corrected chi connectivity index (χ1v) is 7.03. The highest BCUT2D eigenvalue weighted by Gasteiger charge is 2.33. The minimum Gasteiger partial charge on any atom is -0.481 e. The number of rotatable bonds is 7. The predicted molar refractivity (Wildman–Crippen MR) is 81.6 cm³/mol. The summed E-state index contributed by atoms with van der Waals surface area (Å²) in [5.74, 6) is -1.75. The average molecular weight is 342 g/mol. The van der Waals surface area contributed by atoms with E-state index in [4.69, 9.17) is 30.6 Å². The van der Waals surface area contributed by atoms with E-state index in [1.54, 1.807) is 13.8 Å². The topological polar surface area (TPSA) is 165 Å². The molecule has 0 aliphatic carbocycles. The van der Waals surface area contributed by atoms with Crippen LogP contribution in [0, 0.1) is 10.8 Å². The molecule has 23 heavy (non-hydrogen) atoms. The molecular formula is C14H30O9. The highest BCUT2D eigenvalue weighted by molar-refractivity contribution is 5.76. The van der Waals surface area contributed by atoms with Gasteiger partial charge in [0.15, 0.2) is 0 Å². The van der Waals surface area contributed by atoms with Gasteiger partial charge in [0.05, 0.1) is 33.0 Å². The van der Waals surface area contributed by atoms with Crippen molar-refractivity contribution in [1.82, 2.24) is 0 Å². The predicted octanol–water partition coefficient (Wildman–Crippen LogP) is -1.40. The Labute approximate surface area is 136 Å². The zero-order valence-electron chi connectivity index (χ0n) is 14.2. The maximum absolute atomic E-state index is 11.0. The number of esters is 1. The van der Waals surface area contributed by atoms with Gasteiger partial charge in [0, 0.05) is 6.61 Å². The van der Waals surface area contributed by atoms with Crippen LogP contribution in [0.5, 0.6) is 0 Å². The van der Waals surface area contributed by atoms with Crippen LogP contribution in [0.2, 0.25) is 0 Å². The maximum atomic E-state index is 11.0. The standard InChI is InChI=1S/C7H14O4.C5H10O4.C2H6O/c1-3-11-6(10)7(2,4-8)5-9;1-5(2-6,3-7)4(8)9;1-2-3/h8-9H,3-5H2,1-2H3;6-7H,2-3H2,1H3,(H,8,9);3H,2H2,1H3. The minimum absolute atomic E-state index is 0.250. The van der Waals surface area contributed by atoms with Crippen molar-refractivity contribution < 1.29 is 45.0 Å². The Balaban J connectivity index is -0.000000301. The quantitative estimate of drug-likeness (QED) is 0.305. The van der Waals surface area contributed by atoms with Crippen molar-refractivity contribution in [3.05, 3.63) is 0 Å². The lowest BCUT2D eigenvalue weighted by Crippen LogP contribution is -2.37. The van der Waals surface area contributed by atoms with E-state index in [1.807, 2.05) is 0 Å². The van der Waals surface area contributed by atoms with Crippen LogP contribution in [-0.2, 0) is 14.3 Å². The first-order valence-electron chi connectivity index (χ1n) is 7.03. The third kappa shape index (κ3) is 11.0. The molecular weight excluding hydrogens is 312 g/mol. The molecule has 0 spiro atoms. The summed E-state index contributed by atoms with van der Waals surface area (Å²) in [7, 11) is 0. The molecule has 9 nitrogen and oxygen atoms in total. The lowest BCUT2D eigenvalue weighted by Gasteiger charge is -2.21. The second kappa shape index (κ2) is 14.3. The molecule has 0 atom stereocenters. The number of aliphatic hydroxyl groups is 5. The molecule has 0 aromatic heterocycles. The summed E-state index contributed by atoms with van der Waals surface area (Å²) in [4.78, 5) is 21.1. The number of aliphatic hydroxyl groups excluding tert-OH is 5. The van der Waals surface area contributed by atoms with E-state index in [1.165, 1.54) is 13.8 Å². The minimum atomic E-state index is -1.39. The van der Waals surface area contributed by atoms with Crippen LogP contribution in [0.25, 0.3) is 0 Å². The van der Waals surface area contributed by atoms with Gasteiger partial charge in [-0.05, 0) is 27.7 Å². The van der Waals surface area contributed by atoms with Gasteiger partial charge < -0.3 is 35.4 Å². The lowest BCUT2D eigenvalue weighted by molar-refractivity contribution is -0.159. The maximum Gasteiger partial charge on any atom is 0.316 e. The molecule has 0 aromatic rings. The fraction of sp³-hybridized carbons (Fsp3) is 0.857. The third-order valence-electron chi connectivity index (χ3n) is 2.68. The number of carbonyl (C=O) groups is 2. The monoisotopic (exact) mass is 342 g/mol. The summed E-state index contributed by atoms with van der Waals surface area (Å²) in [6.45, 7) is 4.70. The molecule has 0 fully saturated rings. The molecule has 6 N–H and O–H groups in total. The number of carbonyl (C=O) groups excluding carboxylic acids is 1. The van der Waals surface area contributed by atoms with Crippen LogP contribution in [0.1, 0.15) is 27.7 Å². The fourth-order valence-electron chi connectivity index (χ4n) is 0.670. The van der Waals surface area contributed by atoms with Gasteiger partial charge in [-0.3, -0.25) is 9.59 Å². The molecule has 0 aliphatic heterocycles. The van der Waals surface area contributed by atoms with Crippen molar-refractivity contribution in [2.24, 2.45) is 10.8 Å².